The predicted molar refractivity (Wildman–Crippen MR) is 86.9 cm³/mol. The van der Waals surface area contributed by atoms with E-state index in [0.717, 1.165) is 12.0 Å². The fourth-order valence-electron chi connectivity index (χ4n) is 1.98. The number of nitrogens with two attached hydrogens (primary N) is 1. The van der Waals surface area contributed by atoms with Gasteiger partial charge in [0.05, 0.1) is 4.90 Å². The van der Waals surface area contributed by atoms with Crippen LogP contribution in [0.3, 0.4) is 0 Å². The largest absolute Gasteiger partial charge is 0.324 e. The van der Waals surface area contributed by atoms with E-state index in [1.165, 1.54) is 9.18 Å². The van der Waals surface area contributed by atoms with Crippen molar-refractivity contribution >= 4 is 21.4 Å². The van der Waals surface area contributed by atoms with E-state index < -0.39 is 10.0 Å². The van der Waals surface area contributed by atoms with Crippen LogP contribution in [0.15, 0.2) is 46.7 Å². The highest BCUT2D eigenvalue weighted by Gasteiger charge is 2.21. The molecule has 6 heteroatoms. The Labute approximate surface area is 130 Å². The molecule has 0 aliphatic heterocycles. The summed E-state index contributed by atoms with van der Waals surface area (Å²) in [6, 6.07) is 10.7. The lowest BCUT2D eigenvalue weighted by atomic mass is 10.1. The van der Waals surface area contributed by atoms with E-state index in [9.17, 15) is 8.42 Å². The lowest BCUT2D eigenvalue weighted by molar-refractivity contribution is 0.473. The summed E-state index contributed by atoms with van der Waals surface area (Å²) in [5, 5.41) is 2.00. The average Bonchev–Trinajstić information content (AvgIpc) is 2.98. The number of sulfonamides is 1. The molecule has 1 atom stereocenters. The lowest BCUT2D eigenvalue weighted by Gasteiger charge is -2.17. The Hall–Kier alpha value is -1.21. The molecule has 0 fully saturated rings. The van der Waals surface area contributed by atoms with Gasteiger partial charge in [0.2, 0.25) is 10.0 Å². The van der Waals surface area contributed by atoms with Crippen molar-refractivity contribution in [3.63, 3.8) is 0 Å². The van der Waals surface area contributed by atoms with E-state index in [0.29, 0.717) is 11.4 Å². The first-order valence-electron chi connectivity index (χ1n) is 6.75. The van der Waals surface area contributed by atoms with E-state index in [4.69, 9.17) is 5.73 Å². The molecule has 114 valence electrons. The summed E-state index contributed by atoms with van der Waals surface area (Å²) in [6.07, 6.45) is 0.723. The van der Waals surface area contributed by atoms with Gasteiger partial charge in [-0.2, -0.15) is 0 Å². The Balaban J connectivity index is 2.14. The van der Waals surface area contributed by atoms with Crippen LogP contribution in [0, 0.1) is 0 Å². The highest BCUT2D eigenvalue weighted by Crippen LogP contribution is 2.19. The highest BCUT2D eigenvalue weighted by atomic mass is 32.2. The molecule has 1 aromatic carbocycles. The van der Waals surface area contributed by atoms with Gasteiger partial charge >= 0.3 is 0 Å². The smallest absolute Gasteiger partial charge is 0.242 e. The van der Waals surface area contributed by atoms with Gasteiger partial charge in [0.25, 0.3) is 0 Å². The SMILES string of the molecule is CC(N)c1cccc(S(=O)(=O)N(C)CCc2cccs2)c1. The Bertz CT molecular complexity index is 679. The molecule has 0 spiro atoms. The second-order valence-electron chi connectivity index (χ2n) is 5.02. The maximum atomic E-state index is 12.6. The molecule has 0 radical (unpaired) electrons. The predicted octanol–water partition coefficient (Wildman–Crippen LogP) is 2.63. The first-order valence-corrected chi connectivity index (χ1v) is 9.07. The van der Waals surface area contributed by atoms with Crippen molar-refractivity contribution in [2.24, 2.45) is 5.73 Å². The average molecular weight is 324 g/mol. The van der Waals surface area contributed by atoms with Gasteiger partial charge < -0.3 is 5.73 Å². The minimum atomic E-state index is -3.47. The number of hydrogen-bond donors (Lipinski definition) is 1. The number of rotatable bonds is 6. The third-order valence-corrected chi connectivity index (χ3v) is 6.13. The summed E-state index contributed by atoms with van der Waals surface area (Å²) in [7, 11) is -1.85. The monoisotopic (exact) mass is 324 g/mol. The maximum Gasteiger partial charge on any atom is 0.242 e. The van der Waals surface area contributed by atoms with Crippen molar-refractivity contribution in [3.05, 3.63) is 52.2 Å². The molecular weight excluding hydrogens is 304 g/mol. The van der Waals surface area contributed by atoms with Crippen molar-refractivity contribution in [3.8, 4) is 0 Å². The number of nitrogens with zero attached hydrogens (tertiary/aromatic N) is 1. The van der Waals surface area contributed by atoms with Crippen LogP contribution in [0.4, 0.5) is 0 Å². The van der Waals surface area contributed by atoms with Crippen LogP contribution in [0.2, 0.25) is 0 Å². The van der Waals surface area contributed by atoms with Crippen molar-refractivity contribution in [2.45, 2.75) is 24.3 Å². The Morgan fingerprint density at radius 3 is 2.67 bits per heavy atom. The standard InChI is InChI=1S/C15H20N2O2S2/c1-12(16)13-5-3-7-15(11-13)21(18,19)17(2)9-8-14-6-4-10-20-14/h3-7,10-12H,8-9,16H2,1-2H3. The zero-order chi connectivity index (χ0) is 15.5. The molecular formula is C15H20N2O2S2. The van der Waals surface area contributed by atoms with E-state index >= 15 is 0 Å². The van der Waals surface area contributed by atoms with Crippen molar-refractivity contribution in [1.29, 1.82) is 0 Å². The molecule has 1 aromatic heterocycles. The molecule has 4 nitrogen and oxygen atoms in total. The van der Waals surface area contributed by atoms with Gasteiger partial charge in [0.15, 0.2) is 0 Å². The lowest BCUT2D eigenvalue weighted by Crippen LogP contribution is -2.29. The van der Waals surface area contributed by atoms with E-state index in [1.807, 2.05) is 30.5 Å². The Morgan fingerprint density at radius 2 is 2.05 bits per heavy atom. The van der Waals surface area contributed by atoms with Gasteiger partial charge in [0, 0.05) is 24.5 Å². The summed E-state index contributed by atoms with van der Waals surface area (Å²) in [5.74, 6) is 0. The molecule has 21 heavy (non-hydrogen) atoms. The summed E-state index contributed by atoms with van der Waals surface area (Å²) in [6.45, 7) is 2.30. The van der Waals surface area contributed by atoms with Crippen molar-refractivity contribution in [1.82, 2.24) is 4.31 Å². The first-order chi connectivity index (χ1) is 9.91. The Kier molecular flexibility index (Phi) is 5.16. The summed E-state index contributed by atoms with van der Waals surface area (Å²) in [5.41, 5.74) is 6.64. The van der Waals surface area contributed by atoms with Crippen LogP contribution in [0.5, 0.6) is 0 Å². The molecule has 2 N–H and O–H groups in total. The topological polar surface area (TPSA) is 63.4 Å². The molecule has 1 heterocycles. The fraction of sp³-hybridized carbons (Fsp3) is 0.333. The highest BCUT2D eigenvalue weighted by molar-refractivity contribution is 7.89. The van der Waals surface area contributed by atoms with Gasteiger partial charge in [0.1, 0.15) is 0 Å². The Morgan fingerprint density at radius 1 is 1.29 bits per heavy atom. The number of hydrogen-bond acceptors (Lipinski definition) is 4. The minimum Gasteiger partial charge on any atom is -0.324 e. The van der Waals surface area contributed by atoms with Crippen LogP contribution in [-0.2, 0) is 16.4 Å². The van der Waals surface area contributed by atoms with Gasteiger partial charge in [-0.15, -0.1) is 11.3 Å². The van der Waals surface area contributed by atoms with Gasteiger partial charge in [-0.05, 0) is 42.5 Å². The second-order valence-corrected chi connectivity index (χ2v) is 8.09. The van der Waals surface area contributed by atoms with Crippen molar-refractivity contribution in [2.75, 3.05) is 13.6 Å². The van der Waals surface area contributed by atoms with E-state index in [2.05, 4.69) is 0 Å². The normalized spacial score (nSPS) is 13.5. The molecule has 0 aliphatic rings. The van der Waals surface area contributed by atoms with Gasteiger partial charge in [-0.25, -0.2) is 12.7 Å². The van der Waals surface area contributed by atoms with Crippen LogP contribution < -0.4 is 5.73 Å². The van der Waals surface area contributed by atoms with E-state index in [-0.39, 0.29) is 6.04 Å². The number of thiophene rings is 1. The van der Waals surface area contributed by atoms with Crippen LogP contribution >= 0.6 is 11.3 Å². The second kappa shape index (κ2) is 6.70. The molecule has 0 amide bonds. The molecule has 2 aromatic rings. The number of likely N-dealkylation sites (N-methyl/N-ethyl adjacent to an activating group) is 1. The molecule has 0 saturated heterocycles. The third-order valence-electron chi connectivity index (χ3n) is 3.35. The summed E-state index contributed by atoms with van der Waals surface area (Å²) >= 11 is 1.64. The zero-order valence-electron chi connectivity index (χ0n) is 12.2. The van der Waals surface area contributed by atoms with Crippen LogP contribution in [0.25, 0.3) is 0 Å². The maximum absolute atomic E-state index is 12.6. The van der Waals surface area contributed by atoms with E-state index in [1.54, 1.807) is 36.6 Å². The van der Waals surface area contributed by atoms with Gasteiger partial charge in [-0.3, -0.25) is 0 Å². The third kappa shape index (κ3) is 3.91. The minimum absolute atomic E-state index is 0.184. The van der Waals surface area contributed by atoms with Gasteiger partial charge in [-0.1, -0.05) is 18.2 Å². The van der Waals surface area contributed by atoms with Crippen molar-refractivity contribution < 1.29 is 8.42 Å². The fourth-order valence-corrected chi connectivity index (χ4v) is 3.91. The molecule has 0 aliphatic carbocycles. The molecule has 0 saturated carbocycles. The van der Waals surface area contributed by atoms with Crippen LogP contribution in [0.1, 0.15) is 23.4 Å². The quantitative estimate of drug-likeness (QED) is 0.888. The molecule has 0 bridgehead atoms. The zero-order valence-corrected chi connectivity index (χ0v) is 13.8. The first kappa shape index (κ1) is 16.2. The number of benzene rings is 1. The summed E-state index contributed by atoms with van der Waals surface area (Å²) in [4.78, 5) is 1.48. The molecule has 1 unspecified atom stereocenters. The molecule has 2 rings (SSSR count). The van der Waals surface area contributed by atoms with Crippen LogP contribution in [-0.4, -0.2) is 26.3 Å². The summed E-state index contributed by atoms with van der Waals surface area (Å²) < 4.78 is 26.5.